The van der Waals surface area contributed by atoms with Crippen LogP contribution in [-0.2, 0) is 23.1 Å². The van der Waals surface area contributed by atoms with E-state index in [9.17, 15) is 4.79 Å². The van der Waals surface area contributed by atoms with E-state index in [2.05, 4.69) is 11.9 Å². The van der Waals surface area contributed by atoms with Gasteiger partial charge in [0.1, 0.15) is 6.61 Å². The van der Waals surface area contributed by atoms with Gasteiger partial charge in [0.2, 0.25) is 0 Å². The predicted octanol–water partition coefficient (Wildman–Crippen LogP) is 1.94. The number of hydrogen-bond acceptors (Lipinski definition) is 6. The Morgan fingerprint density at radius 1 is 1.18 bits per heavy atom. The molecule has 1 N–H and O–H groups in total. The van der Waals surface area contributed by atoms with Gasteiger partial charge < -0.3 is 23.6 Å². The number of hydrogen-bond donors (Lipinski definition) is 1. The molecule has 132 valence electrons. The summed E-state index contributed by atoms with van der Waals surface area (Å²) in [6, 6.07) is 0.953. The maximum Gasteiger partial charge on any atom is 0.334 e. The van der Waals surface area contributed by atoms with Crippen LogP contribution in [0.1, 0.15) is 27.2 Å². The highest BCUT2D eigenvalue weighted by molar-refractivity contribution is 6.66. The van der Waals surface area contributed by atoms with E-state index < -0.39 is 8.56 Å². The van der Waals surface area contributed by atoms with E-state index in [1.165, 1.54) is 0 Å². The van der Waals surface area contributed by atoms with Crippen molar-refractivity contribution >= 4 is 14.5 Å². The van der Waals surface area contributed by atoms with Gasteiger partial charge in [0.15, 0.2) is 0 Å². The van der Waals surface area contributed by atoms with Crippen molar-refractivity contribution in [3.63, 3.8) is 0 Å². The second-order valence-corrected chi connectivity index (χ2v) is 8.71. The van der Waals surface area contributed by atoms with Gasteiger partial charge in [-0.1, -0.05) is 6.92 Å². The largest absolute Gasteiger partial charge is 0.463 e. The summed E-state index contributed by atoms with van der Waals surface area (Å²) in [6.07, 6.45) is 0.980. The Kier molecular flexibility index (Phi) is 12.7. The quantitative estimate of drug-likeness (QED) is 0.297. The van der Waals surface area contributed by atoms with Crippen molar-refractivity contribution in [1.29, 1.82) is 0 Å². The van der Waals surface area contributed by atoms with Crippen molar-refractivity contribution in [3.05, 3.63) is 0 Å². The summed E-state index contributed by atoms with van der Waals surface area (Å²) in [5.74, 6) is -0.341. The van der Waals surface area contributed by atoms with Crippen LogP contribution in [0.25, 0.3) is 0 Å². The molecule has 0 aliphatic rings. The van der Waals surface area contributed by atoms with Crippen LogP contribution >= 0.6 is 0 Å². The molecular formula is C15H33NO5Si. The number of ether oxygens (including phenoxy) is 2. The minimum absolute atomic E-state index is 0.153. The van der Waals surface area contributed by atoms with E-state index in [4.69, 9.17) is 18.3 Å². The molecule has 7 heteroatoms. The molecule has 0 aromatic heterocycles. The minimum atomic E-state index is -2.02. The lowest BCUT2D eigenvalue weighted by molar-refractivity contribution is -0.149. The Hall–Kier alpha value is -0.473. The second-order valence-electron chi connectivity index (χ2n) is 5.37. The fourth-order valence-corrected chi connectivity index (χ4v) is 4.51. The van der Waals surface area contributed by atoms with E-state index >= 15 is 0 Å². The molecule has 0 amide bonds. The molecule has 1 unspecified atom stereocenters. The van der Waals surface area contributed by atoms with Crippen molar-refractivity contribution in [2.75, 3.05) is 46.6 Å². The van der Waals surface area contributed by atoms with Crippen LogP contribution < -0.4 is 5.32 Å². The molecule has 0 heterocycles. The molecule has 0 saturated carbocycles. The van der Waals surface area contributed by atoms with Crippen LogP contribution in [0.4, 0.5) is 0 Å². The molecule has 0 aliphatic carbocycles. The first-order valence-corrected chi connectivity index (χ1v) is 10.7. The monoisotopic (exact) mass is 335 g/mol. The summed E-state index contributed by atoms with van der Waals surface area (Å²) in [5.41, 5.74) is 0. The Bertz CT molecular complexity index is 285. The highest BCUT2D eigenvalue weighted by atomic mass is 28.4. The predicted molar refractivity (Wildman–Crippen MR) is 89.2 cm³/mol. The molecule has 0 spiro atoms. The van der Waals surface area contributed by atoms with Gasteiger partial charge in [0.25, 0.3) is 0 Å². The van der Waals surface area contributed by atoms with Gasteiger partial charge in [0.05, 0.1) is 12.5 Å². The third-order valence-corrected chi connectivity index (χ3v) is 6.33. The standard InChI is InChI=1S/C15H33NO5Si/c1-6-20-22(5,21-7-2)12-8-9-16-13-14(3)15(17)19-11-10-18-4/h14,16H,6-13H2,1-5H3. The Morgan fingerprint density at radius 2 is 1.82 bits per heavy atom. The summed E-state index contributed by atoms with van der Waals surface area (Å²) in [6.45, 7) is 11.6. The number of rotatable bonds is 14. The smallest absolute Gasteiger partial charge is 0.334 e. The Morgan fingerprint density at radius 3 is 2.36 bits per heavy atom. The first-order chi connectivity index (χ1) is 10.5. The number of esters is 1. The van der Waals surface area contributed by atoms with Crippen molar-refractivity contribution in [2.24, 2.45) is 5.92 Å². The summed E-state index contributed by atoms with van der Waals surface area (Å²) in [5, 5.41) is 3.29. The van der Waals surface area contributed by atoms with Crippen LogP contribution in [0.2, 0.25) is 12.6 Å². The van der Waals surface area contributed by atoms with Gasteiger partial charge in [-0.15, -0.1) is 0 Å². The molecule has 6 nitrogen and oxygen atoms in total. The third-order valence-electron chi connectivity index (χ3n) is 3.27. The number of carbonyl (C=O) groups excluding carboxylic acids is 1. The van der Waals surface area contributed by atoms with Crippen LogP contribution in [0.15, 0.2) is 0 Å². The minimum Gasteiger partial charge on any atom is -0.463 e. The summed E-state index contributed by atoms with van der Waals surface area (Å²) >= 11 is 0. The van der Waals surface area contributed by atoms with Crippen molar-refractivity contribution in [2.45, 2.75) is 39.8 Å². The van der Waals surface area contributed by atoms with Crippen LogP contribution in [0, 0.1) is 5.92 Å². The first kappa shape index (κ1) is 21.5. The maximum absolute atomic E-state index is 11.7. The van der Waals surface area contributed by atoms with E-state index in [0.717, 1.165) is 19.0 Å². The van der Waals surface area contributed by atoms with E-state index in [1.807, 2.05) is 20.8 Å². The first-order valence-electron chi connectivity index (χ1n) is 8.13. The van der Waals surface area contributed by atoms with E-state index in [-0.39, 0.29) is 11.9 Å². The number of methoxy groups -OCH3 is 1. The second kappa shape index (κ2) is 13.0. The molecule has 0 aromatic rings. The normalized spacial score (nSPS) is 13.1. The molecule has 0 saturated heterocycles. The van der Waals surface area contributed by atoms with E-state index in [0.29, 0.717) is 33.0 Å². The molecular weight excluding hydrogens is 302 g/mol. The van der Waals surface area contributed by atoms with Crippen LogP contribution in [-0.4, -0.2) is 61.2 Å². The zero-order valence-corrected chi connectivity index (χ0v) is 15.8. The van der Waals surface area contributed by atoms with Gasteiger partial charge in [0, 0.05) is 26.9 Å². The molecule has 0 aliphatic heterocycles. The van der Waals surface area contributed by atoms with Gasteiger partial charge in [-0.3, -0.25) is 4.79 Å². The third kappa shape index (κ3) is 10.3. The average Bonchev–Trinajstić information content (AvgIpc) is 2.47. The van der Waals surface area contributed by atoms with Crippen LogP contribution in [0.5, 0.6) is 0 Å². The molecule has 0 fully saturated rings. The van der Waals surface area contributed by atoms with Gasteiger partial charge in [-0.25, -0.2) is 0 Å². The van der Waals surface area contributed by atoms with Crippen LogP contribution in [0.3, 0.4) is 0 Å². The highest BCUT2D eigenvalue weighted by Crippen LogP contribution is 2.15. The van der Waals surface area contributed by atoms with Crippen molar-refractivity contribution in [3.8, 4) is 0 Å². The molecule has 1 atom stereocenters. The number of carbonyl (C=O) groups is 1. The van der Waals surface area contributed by atoms with E-state index in [1.54, 1.807) is 7.11 Å². The number of nitrogens with one attached hydrogen (secondary N) is 1. The lowest BCUT2D eigenvalue weighted by Gasteiger charge is -2.26. The Balaban J connectivity index is 3.80. The highest BCUT2D eigenvalue weighted by Gasteiger charge is 2.29. The van der Waals surface area contributed by atoms with Gasteiger partial charge >= 0.3 is 14.5 Å². The lowest BCUT2D eigenvalue weighted by Crippen LogP contribution is -2.39. The molecule has 0 aromatic carbocycles. The molecule has 22 heavy (non-hydrogen) atoms. The Labute approximate surface area is 136 Å². The average molecular weight is 336 g/mol. The fraction of sp³-hybridized carbons (Fsp3) is 0.933. The van der Waals surface area contributed by atoms with Gasteiger partial charge in [-0.2, -0.15) is 0 Å². The lowest BCUT2D eigenvalue weighted by atomic mass is 10.2. The summed E-state index contributed by atoms with van der Waals surface area (Å²) in [4.78, 5) is 11.7. The zero-order chi connectivity index (χ0) is 16.8. The summed E-state index contributed by atoms with van der Waals surface area (Å²) < 4.78 is 21.5. The molecule has 0 radical (unpaired) electrons. The fourth-order valence-electron chi connectivity index (χ4n) is 2.10. The topological polar surface area (TPSA) is 66.0 Å². The molecule has 0 rings (SSSR count). The van der Waals surface area contributed by atoms with Crippen molar-refractivity contribution < 1.29 is 23.1 Å². The molecule has 0 bridgehead atoms. The summed E-state index contributed by atoms with van der Waals surface area (Å²) in [7, 11) is -0.432. The van der Waals surface area contributed by atoms with Crippen molar-refractivity contribution in [1.82, 2.24) is 5.32 Å². The maximum atomic E-state index is 11.7. The van der Waals surface area contributed by atoms with Gasteiger partial charge in [-0.05, 0) is 39.4 Å². The zero-order valence-electron chi connectivity index (χ0n) is 14.8. The SMILES string of the molecule is CCO[Si](C)(CCCNCC(C)C(=O)OCCOC)OCC.